The van der Waals surface area contributed by atoms with E-state index in [1.165, 1.54) is 0 Å². The fourth-order valence-corrected chi connectivity index (χ4v) is 2.83. The summed E-state index contributed by atoms with van der Waals surface area (Å²) in [6, 6.07) is 16.8. The Bertz CT molecular complexity index is 1020. The van der Waals surface area contributed by atoms with Crippen LogP contribution in [0.4, 0.5) is 0 Å². The number of carbonyl (C=O) groups excluding carboxylic acids is 1. The molecule has 2 aromatic carbocycles. The van der Waals surface area contributed by atoms with Gasteiger partial charge in [0.15, 0.2) is 5.69 Å². The number of ether oxygens (including phenoxy) is 1. The third-order valence-corrected chi connectivity index (χ3v) is 4.21. The highest BCUT2D eigenvalue weighted by atomic mass is 16.5. The number of amides is 1. The van der Waals surface area contributed by atoms with E-state index < -0.39 is 0 Å². The number of carbonyl (C=O) groups is 1. The van der Waals surface area contributed by atoms with Gasteiger partial charge in [0.2, 0.25) is 0 Å². The van der Waals surface area contributed by atoms with Crippen LogP contribution in [0.3, 0.4) is 0 Å². The fourth-order valence-electron chi connectivity index (χ4n) is 2.83. The third kappa shape index (κ3) is 3.98. The molecule has 0 atom stereocenters. The van der Waals surface area contributed by atoms with E-state index in [1.54, 1.807) is 48.1 Å². The maximum Gasteiger partial charge on any atom is 0.274 e. The van der Waals surface area contributed by atoms with Gasteiger partial charge in [-0.3, -0.25) is 4.79 Å². The molecule has 0 radical (unpaired) electrons. The first kappa shape index (κ1) is 18.2. The average molecular weight is 360 g/mol. The SMILES string of the molecule is COc1ccc(C)cc1-n1ccc(C(=O)N(C)Cc2cccc(C#N)c2)n1. The van der Waals surface area contributed by atoms with Crippen molar-refractivity contribution in [3.63, 3.8) is 0 Å². The van der Waals surface area contributed by atoms with Crippen LogP contribution in [0.5, 0.6) is 5.75 Å². The van der Waals surface area contributed by atoms with E-state index in [0.717, 1.165) is 16.8 Å². The lowest BCUT2D eigenvalue weighted by Crippen LogP contribution is -2.26. The van der Waals surface area contributed by atoms with E-state index in [1.807, 2.05) is 37.3 Å². The molecule has 0 aliphatic rings. The molecule has 0 aliphatic heterocycles. The van der Waals surface area contributed by atoms with Gasteiger partial charge in [0, 0.05) is 19.8 Å². The zero-order valence-electron chi connectivity index (χ0n) is 15.5. The number of aryl methyl sites for hydroxylation is 1. The zero-order valence-corrected chi connectivity index (χ0v) is 15.5. The summed E-state index contributed by atoms with van der Waals surface area (Å²) in [5, 5.41) is 13.4. The second kappa shape index (κ2) is 7.75. The molecule has 1 amide bonds. The van der Waals surface area contributed by atoms with Crippen LogP contribution in [0.1, 0.15) is 27.2 Å². The minimum absolute atomic E-state index is 0.192. The molecule has 0 aliphatic carbocycles. The molecule has 6 nitrogen and oxygen atoms in total. The number of aromatic nitrogens is 2. The van der Waals surface area contributed by atoms with Crippen molar-refractivity contribution in [1.29, 1.82) is 5.26 Å². The molecule has 6 heteroatoms. The highest BCUT2D eigenvalue weighted by Gasteiger charge is 2.17. The highest BCUT2D eigenvalue weighted by molar-refractivity contribution is 5.92. The summed E-state index contributed by atoms with van der Waals surface area (Å²) in [5.41, 5.74) is 3.66. The topological polar surface area (TPSA) is 71.2 Å². The molecule has 3 rings (SSSR count). The second-order valence-corrected chi connectivity index (χ2v) is 6.29. The predicted molar refractivity (Wildman–Crippen MR) is 102 cm³/mol. The van der Waals surface area contributed by atoms with Crippen LogP contribution in [0.15, 0.2) is 54.7 Å². The van der Waals surface area contributed by atoms with Crippen LogP contribution < -0.4 is 4.74 Å². The van der Waals surface area contributed by atoms with Crippen LogP contribution in [0.2, 0.25) is 0 Å². The van der Waals surface area contributed by atoms with Gasteiger partial charge in [-0.1, -0.05) is 18.2 Å². The Kier molecular flexibility index (Phi) is 5.23. The Morgan fingerprint density at radius 2 is 2.07 bits per heavy atom. The summed E-state index contributed by atoms with van der Waals surface area (Å²) >= 11 is 0. The van der Waals surface area contributed by atoms with Crippen LogP contribution in [-0.4, -0.2) is 34.7 Å². The van der Waals surface area contributed by atoms with Crippen LogP contribution in [0, 0.1) is 18.3 Å². The molecule has 0 saturated carbocycles. The van der Waals surface area contributed by atoms with Gasteiger partial charge in [-0.05, 0) is 48.4 Å². The van der Waals surface area contributed by atoms with Gasteiger partial charge in [0.1, 0.15) is 11.4 Å². The maximum absolute atomic E-state index is 12.7. The normalized spacial score (nSPS) is 10.3. The molecular weight excluding hydrogens is 340 g/mol. The minimum Gasteiger partial charge on any atom is -0.494 e. The predicted octanol–water partition coefficient (Wildman–Crippen LogP) is 3.33. The van der Waals surface area contributed by atoms with Crippen LogP contribution >= 0.6 is 0 Å². The Morgan fingerprint density at radius 1 is 1.26 bits per heavy atom. The molecule has 1 heterocycles. The molecule has 27 heavy (non-hydrogen) atoms. The number of hydrogen-bond donors (Lipinski definition) is 0. The second-order valence-electron chi connectivity index (χ2n) is 6.29. The monoisotopic (exact) mass is 360 g/mol. The lowest BCUT2D eigenvalue weighted by atomic mass is 10.1. The molecule has 0 N–H and O–H groups in total. The number of nitriles is 1. The van der Waals surface area contributed by atoms with Crippen molar-refractivity contribution in [2.24, 2.45) is 0 Å². The summed E-state index contributed by atoms with van der Waals surface area (Å²) in [7, 11) is 3.32. The molecule has 0 bridgehead atoms. The quantitative estimate of drug-likeness (QED) is 0.700. The van der Waals surface area contributed by atoms with Crippen LogP contribution in [-0.2, 0) is 6.54 Å². The number of rotatable bonds is 5. The number of hydrogen-bond acceptors (Lipinski definition) is 4. The van der Waals surface area contributed by atoms with E-state index in [-0.39, 0.29) is 5.91 Å². The fraction of sp³-hybridized carbons (Fsp3) is 0.190. The third-order valence-electron chi connectivity index (χ3n) is 4.21. The van der Waals surface area contributed by atoms with Gasteiger partial charge in [0.25, 0.3) is 5.91 Å². The van der Waals surface area contributed by atoms with Crippen molar-refractivity contribution in [2.45, 2.75) is 13.5 Å². The number of methoxy groups -OCH3 is 1. The first-order valence-electron chi connectivity index (χ1n) is 8.47. The lowest BCUT2D eigenvalue weighted by Gasteiger charge is -2.16. The van der Waals surface area contributed by atoms with Gasteiger partial charge in [0.05, 0.1) is 18.7 Å². The Morgan fingerprint density at radius 3 is 2.81 bits per heavy atom. The van der Waals surface area contributed by atoms with Crippen molar-refractivity contribution in [1.82, 2.24) is 14.7 Å². The molecule has 3 aromatic rings. The summed E-state index contributed by atoms with van der Waals surface area (Å²) in [5.74, 6) is 0.493. The first-order chi connectivity index (χ1) is 13.0. The van der Waals surface area contributed by atoms with Gasteiger partial charge < -0.3 is 9.64 Å². The molecule has 1 aromatic heterocycles. The molecule has 0 spiro atoms. The Balaban J connectivity index is 1.80. The number of nitrogens with zero attached hydrogens (tertiary/aromatic N) is 4. The minimum atomic E-state index is -0.192. The molecular formula is C21H20N4O2. The standard InChI is InChI=1S/C21H20N4O2/c1-15-7-8-20(27-3)19(11-15)25-10-9-18(23-25)21(26)24(2)14-17-6-4-5-16(12-17)13-22/h4-12H,14H2,1-3H3. The molecule has 0 fully saturated rings. The van der Waals surface area contributed by atoms with Gasteiger partial charge in [-0.25, -0.2) is 4.68 Å². The van der Waals surface area contributed by atoms with E-state index in [2.05, 4.69) is 11.2 Å². The van der Waals surface area contributed by atoms with Gasteiger partial charge in [-0.15, -0.1) is 0 Å². The molecule has 0 unspecified atom stereocenters. The summed E-state index contributed by atoms with van der Waals surface area (Å²) in [6.45, 7) is 2.39. The van der Waals surface area contributed by atoms with Crippen molar-refractivity contribution in [3.8, 4) is 17.5 Å². The lowest BCUT2D eigenvalue weighted by molar-refractivity contribution is 0.0778. The maximum atomic E-state index is 12.7. The van der Waals surface area contributed by atoms with Crippen molar-refractivity contribution < 1.29 is 9.53 Å². The number of benzene rings is 2. The van der Waals surface area contributed by atoms with Crippen molar-refractivity contribution in [2.75, 3.05) is 14.2 Å². The zero-order chi connectivity index (χ0) is 19.4. The molecule has 0 saturated heterocycles. The summed E-state index contributed by atoms with van der Waals surface area (Å²) in [6.07, 6.45) is 1.74. The summed E-state index contributed by atoms with van der Waals surface area (Å²) < 4.78 is 7.03. The van der Waals surface area contributed by atoms with Crippen LogP contribution in [0.25, 0.3) is 5.69 Å². The van der Waals surface area contributed by atoms with Crippen molar-refractivity contribution in [3.05, 3.63) is 77.1 Å². The van der Waals surface area contributed by atoms with Crippen molar-refractivity contribution >= 4 is 5.91 Å². The van der Waals surface area contributed by atoms with Gasteiger partial charge >= 0.3 is 0 Å². The summed E-state index contributed by atoms with van der Waals surface area (Å²) in [4.78, 5) is 14.3. The smallest absolute Gasteiger partial charge is 0.274 e. The molecule has 136 valence electrons. The van der Waals surface area contributed by atoms with E-state index in [4.69, 9.17) is 10.00 Å². The van der Waals surface area contributed by atoms with Gasteiger partial charge in [-0.2, -0.15) is 10.4 Å². The Hall–Kier alpha value is -3.59. The first-order valence-corrected chi connectivity index (χ1v) is 8.47. The highest BCUT2D eigenvalue weighted by Crippen LogP contribution is 2.23. The largest absolute Gasteiger partial charge is 0.494 e. The van der Waals surface area contributed by atoms with E-state index in [0.29, 0.717) is 23.6 Å². The van der Waals surface area contributed by atoms with E-state index >= 15 is 0 Å². The average Bonchev–Trinajstić information content (AvgIpc) is 3.17. The Labute approximate surface area is 158 Å². The van der Waals surface area contributed by atoms with E-state index in [9.17, 15) is 4.79 Å².